The number of fused-ring (bicyclic) bond motifs is 5. The average Bonchev–Trinajstić information content (AvgIpc) is 3.39. The van der Waals surface area contributed by atoms with E-state index in [0.29, 0.717) is 22.3 Å². The number of ether oxygens (including phenoxy) is 1. The fourth-order valence-electron chi connectivity index (χ4n) is 11.9. The van der Waals surface area contributed by atoms with Crippen molar-refractivity contribution in [2.24, 2.45) is 51.8 Å². The van der Waals surface area contributed by atoms with Gasteiger partial charge in [0.25, 0.3) is 0 Å². The first-order valence-corrected chi connectivity index (χ1v) is 22.2. The van der Waals surface area contributed by atoms with Crippen LogP contribution in [0.5, 0.6) is 0 Å². The molecule has 3 saturated carbocycles. The topological polar surface area (TPSA) is 9.23 Å². The fraction of sp³-hybridized carbons (Fsp3) is 0.957. The molecule has 4 aliphatic carbocycles. The smallest absolute Gasteiger partial charge is 0.0612 e. The number of hydrogen-bond acceptors (Lipinski definition) is 1. The second kappa shape index (κ2) is 19.5. The minimum atomic E-state index is 0.455. The van der Waals surface area contributed by atoms with Crippen LogP contribution in [0.3, 0.4) is 0 Å². The summed E-state index contributed by atoms with van der Waals surface area (Å²) in [6, 6.07) is 0. The second-order valence-electron chi connectivity index (χ2n) is 20.3. The van der Waals surface area contributed by atoms with E-state index in [-0.39, 0.29) is 0 Å². The maximum absolute atomic E-state index is 6.57. The van der Waals surface area contributed by atoms with Gasteiger partial charge in [-0.1, -0.05) is 170 Å². The normalized spacial score (nSPS) is 32.5. The Morgan fingerprint density at radius 3 is 1.90 bits per heavy atom. The highest BCUT2D eigenvalue weighted by Gasteiger charge is 2.59. The molecule has 1 nitrogen and oxygen atoms in total. The van der Waals surface area contributed by atoms with Gasteiger partial charge < -0.3 is 4.74 Å². The summed E-state index contributed by atoms with van der Waals surface area (Å²) in [4.78, 5) is 0. The van der Waals surface area contributed by atoms with E-state index in [4.69, 9.17) is 4.74 Å². The third-order valence-corrected chi connectivity index (χ3v) is 14.9. The molecule has 4 aliphatic rings. The lowest BCUT2D eigenvalue weighted by Gasteiger charge is -2.58. The molecular formula is C47H86O. The van der Waals surface area contributed by atoms with Gasteiger partial charge in [-0.25, -0.2) is 0 Å². The van der Waals surface area contributed by atoms with E-state index in [2.05, 4.69) is 61.5 Å². The largest absolute Gasteiger partial charge is 0.378 e. The first-order valence-electron chi connectivity index (χ1n) is 22.2. The van der Waals surface area contributed by atoms with E-state index in [0.717, 1.165) is 42.1 Å². The predicted octanol–water partition coefficient (Wildman–Crippen LogP) is 15.3. The molecule has 1 heteroatoms. The molecule has 48 heavy (non-hydrogen) atoms. The highest BCUT2D eigenvalue weighted by molar-refractivity contribution is 5.25. The van der Waals surface area contributed by atoms with Crippen molar-refractivity contribution in [1.82, 2.24) is 0 Å². The minimum Gasteiger partial charge on any atom is -0.378 e. The monoisotopic (exact) mass is 667 g/mol. The summed E-state index contributed by atoms with van der Waals surface area (Å²) in [6.07, 6.45) is 40.3. The summed E-state index contributed by atoms with van der Waals surface area (Å²) in [5.41, 5.74) is 3.38. The highest BCUT2D eigenvalue weighted by Crippen LogP contribution is 2.67. The Bertz CT molecular complexity index is 924. The first-order chi connectivity index (χ1) is 22.9. The molecular weight excluding hydrogens is 581 g/mol. The molecule has 8 unspecified atom stereocenters. The van der Waals surface area contributed by atoms with Gasteiger partial charge in [0.1, 0.15) is 0 Å². The molecule has 4 rings (SSSR count). The van der Waals surface area contributed by atoms with Crippen molar-refractivity contribution in [2.75, 3.05) is 6.61 Å². The second-order valence-corrected chi connectivity index (χ2v) is 20.3. The van der Waals surface area contributed by atoms with E-state index in [1.807, 2.05) is 0 Å². The predicted molar refractivity (Wildman–Crippen MR) is 211 cm³/mol. The van der Waals surface area contributed by atoms with E-state index in [9.17, 15) is 0 Å². The molecule has 0 radical (unpaired) electrons. The van der Waals surface area contributed by atoms with Crippen molar-refractivity contribution in [3.8, 4) is 0 Å². The van der Waals surface area contributed by atoms with Gasteiger partial charge in [-0.3, -0.25) is 0 Å². The number of unbranched alkanes of at least 4 members (excludes halogenated alkanes) is 13. The van der Waals surface area contributed by atoms with Crippen molar-refractivity contribution < 1.29 is 4.74 Å². The van der Waals surface area contributed by atoms with Crippen molar-refractivity contribution >= 4 is 0 Å². The van der Waals surface area contributed by atoms with E-state index < -0.39 is 0 Å². The lowest BCUT2D eigenvalue weighted by Crippen LogP contribution is -2.51. The zero-order chi connectivity index (χ0) is 34.6. The van der Waals surface area contributed by atoms with Crippen molar-refractivity contribution in [3.63, 3.8) is 0 Å². The molecule has 280 valence electrons. The molecule has 0 aliphatic heterocycles. The van der Waals surface area contributed by atoms with Gasteiger partial charge in [0, 0.05) is 6.61 Å². The van der Waals surface area contributed by atoms with E-state index in [1.165, 1.54) is 167 Å². The van der Waals surface area contributed by atoms with Crippen molar-refractivity contribution in [2.45, 2.75) is 228 Å². The van der Waals surface area contributed by atoms with Gasteiger partial charge in [0.2, 0.25) is 0 Å². The Morgan fingerprint density at radius 2 is 1.29 bits per heavy atom. The fourth-order valence-corrected chi connectivity index (χ4v) is 11.9. The van der Waals surface area contributed by atoms with Crippen LogP contribution in [0.15, 0.2) is 11.6 Å². The van der Waals surface area contributed by atoms with Crippen LogP contribution in [0, 0.1) is 51.8 Å². The lowest BCUT2D eigenvalue weighted by atomic mass is 9.47. The van der Waals surface area contributed by atoms with Gasteiger partial charge in [-0.2, -0.15) is 0 Å². The van der Waals surface area contributed by atoms with Crippen LogP contribution < -0.4 is 0 Å². The number of rotatable bonds is 22. The summed E-state index contributed by atoms with van der Waals surface area (Å²) in [5.74, 6) is 5.59. The van der Waals surface area contributed by atoms with Crippen LogP contribution in [-0.4, -0.2) is 12.7 Å². The minimum absolute atomic E-state index is 0.455. The molecule has 0 aromatic heterocycles. The van der Waals surface area contributed by atoms with Crippen LogP contribution in [0.1, 0.15) is 222 Å². The highest BCUT2D eigenvalue weighted by atomic mass is 16.5. The van der Waals surface area contributed by atoms with Gasteiger partial charge in [0.05, 0.1) is 6.10 Å². The van der Waals surface area contributed by atoms with Crippen LogP contribution in [0.25, 0.3) is 0 Å². The maximum Gasteiger partial charge on any atom is 0.0612 e. The molecule has 0 heterocycles. The Kier molecular flexibility index (Phi) is 16.5. The summed E-state index contributed by atoms with van der Waals surface area (Å²) in [5, 5.41) is 0. The van der Waals surface area contributed by atoms with Crippen LogP contribution in [0.4, 0.5) is 0 Å². The average molecular weight is 667 g/mol. The zero-order valence-electron chi connectivity index (χ0n) is 34.1. The molecule has 0 spiro atoms. The van der Waals surface area contributed by atoms with Crippen molar-refractivity contribution in [3.05, 3.63) is 11.6 Å². The SMILES string of the molecule is CC(C)CCCC(C)C1CCC2C3CC=C4CC(OCCCCCCCCCCCCCCCCC(C)(C)C)CCC4(C)C3CCC12C. The van der Waals surface area contributed by atoms with Gasteiger partial charge in [0.15, 0.2) is 0 Å². The number of hydrogen-bond donors (Lipinski definition) is 0. The molecule has 8 atom stereocenters. The third kappa shape index (κ3) is 11.6. The quantitative estimate of drug-likeness (QED) is 0.0825. The van der Waals surface area contributed by atoms with Crippen molar-refractivity contribution in [1.29, 1.82) is 0 Å². The lowest BCUT2D eigenvalue weighted by molar-refractivity contribution is -0.0641. The Hall–Kier alpha value is -0.300. The summed E-state index contributed by atoms with van der Waals surface area (Å²) >= 11 is 0. The van der Waals surface area contributed by atoms with Gasteiger partial charge in [-0.15, -0.1) is 0 Å². The molecule has 0 bridgehead atoms. The van der Waals surface area contributed by atoms with Gasteiger partial charge in [-0.05, 0) is 116 Å². The van der Waals surface area contributed by atoms with E-state index >= 15 is 0 Å². The molecule has 0 aromatic rings. The standard InChI is InChI=1S/C47H86O/c1-37(2)24-23-25-38(3)42-28-29-43-41-27-26-39-36-40(30-33-46(39,7)44(41)31-34-47(42,43)8)48-35-22-20-18-16-14-12-10-9-11-13-15-17-19-21-32-45(4,5)6/h26,37-38,40-44H,9-25,27-36H2,1-8H3. The van der Waals surface area contributed by atoms with Gasteiger partial charge >= 0.3 is 0 Å². The zero-order valence-corrected chi connectivity index (χ0v) is 34.1. The summed E-state index contributed by atoms with van der Waals surface area (Å²) in [7, 11) is 0. The maximum atomic E-state index is 6.57. The van der Waals surface area contributed by atoms with Crippen LogP contribution in [0.2, 0.25) is 0 Å². The first kappa shape index (κ1) is 40.5. The molecule has 0 amide bonds. The Balaban J connectivity index is 1.05. The molecule has 0 aromatic carbocycles. The molecule has 3 fully saturated rings. The third-order valence-electron chi connectivity index (χ3n) is 14.9. The Labute approximate surface area is 302 Å². The number of allylic oxidation sites excluding steroid dienone is 1. The molecule has 0 saturated heterocycles. The Morgan fingerprint density at radius 1 is 0.688 bits per heavy atom. The van der Waals surface area contributed by atoms with E-state index in [1.54, 1.807) is 5.57 Å². The van der Waals surface area contributed by atoms with Crippen LogP contribution in [-0.2, 0) is 4.74 Å². The molecule has 0 N–H and O–H groups in total. The summed E-state index contributed by atoms with van der Waals surface area (Å²) < 4.78 is 6.57. The van der Waals surface area contributed by atoms with Crippen LogP contribution >= 0.6 is 0 Å². The summed E-state index contributed by atoms with van der Waals surface area (Å²) in [6.45, 7) is 21.0.